The van der Waals surface area contributed by atoms with Gasteiger partial charge >= 0.3 is 51.2 Å². The standard InChI is InChI=1S/C5H13AsO/c1-5(2)6-3-4-7/h5-7H,3-4H2,1-2H3. The summed E-state index contributed by atoms with van der Waals surface area (Å²) in [6.45, 7) is 4.84. The van der Waals surface area contributed by atoms with E-state index in [1.165, 1.54) is 0 Å². The Labute approximate surface area is 51.8 Å². The Morgan fingerprint density at radius 3 is 2.29 bits per heavy atom. The van der Waals surface area contributed by atoms with Crippen LogP contribution in [0.4, 0.5) is 0 Å². The Morgan fingerprint density at radius 2 is 2.14 bits per heavy atom. The topological polar surface area (TPSA) is 20.2 Å². The van der Waals surface area contributed by atoms with Gasteiger partial charge in [-0.3, -0.25) is 0 Å². The van der Waals surface area contributed by atoms with E-state index in [4.69, 9.17) is 5.11 Å². The van der Waals surface area contributed by atoms with Crippen LogP contribution in [0.1, 0.15) is 13.8 Å². The third-order valence-corrected chi connectivity index (χ3v) is 3.45. The SMILES string of the molecule is CC(C)[AsH]CCO. The van der Waals surface area contributed by atoms with Gasteiger partial charge in [-0.25, -0.2) is 0 Å². The summed E-state index contributed by atoms with van der Waals surface area (Å²) in [5.41, 5.74) is 0. The Balaban J connectivity index is 2.68. The van der Waals surface area contributed by atoms with E-state index in [1.807, 2.05) is 0 Å². The number of hydrogen-bond acceptors (Lipinski definition) is 1. The second kappa shape index (κ2) is 4.67. The van der Waals surface area contributed by atoms with E-state index in [0.29, 0.717) is 6.61 Å². The molecular formula is C5H13AsO. The van der Waals surface area contributed by atoms with Crippen molar-refractivity contribution in [1.82, 2.24) is 0 Å². The molecule has 0 heterocycles. The first-order valence-corrected chi connectivity index (χ1v) is 5.31. The molecular weight excluding hydrogens is 151 g/mol. The zero-order valence-electron chi connectivity index (χ0n) is 4.94. The molecule has 0 amide bonds. The number of rotatable bonds is 3. The Bertz CT molecular complexity index is 37.1. The van der Waals surface area contributed by atoms with Crippen LogP contribution >= 0.6 is 0 Å². The second-order valence-corrected chi connectivity index (χ2v) is 6.16. The van der Waals surface area contributed by atoms with Gasteiger partial charge in [0.2, 0.25) is 0 Å². The van der Waals surface area contributed by atoms with Gasteiger partial charge in [-0.2, -0.15) is 0 Å². The summed E-state index contributed by atoms with van der Waals surface area (Å²) < 4.78 is 0.868. The van der Waals surface area contributed by atoms with E-state index in [1.54, 1.807) is 0 Å². The maximum atomic E-state index is 8.35. The van der Waals surface area contributed by atoms with Gasteiger partial charge in [0.1, 0.15) is 0 Å². The van der Waals surface area contributed by atoms with Gasteiger partial charge in [0, 0.05) is 0 Å². The molecule has 2 heteroatoms. The minimum atomic E-state index is 0.201. The van der Waals surface area contributed by atoms with Crippen molar-refractivity contribution in [3.05, 3.63) is 0 Å². The van der Waals surface area contributed by atoms with E-state index in [2.05, 4.69) is 13.8 Å². The van der Waals surface area contributed by atoms with Crippen molar-refractivity contribution in [2.45, 2.75) is 23.8 Å². The van der Waals surface area contributed by atoms with Gasteiger partial charge in [0.05, 0.1) is 0 Å². The van der Waals surface area contributed by atoms with Crippen molar-refractivity contribution in [3.63, 3.8) is 0 Å². The quantitative estimate of drug-likeness (QED) is 0.607. The van der Waals surface area contributed by atoms with E-state index in [9.17, 15) is 0 Å². The molecule has 0 fully saturated rings. The Hall–Kier alpha value is 0.518. The minimum absolute atomic E-state index is 0.201. The molecule has 0 aliphatic carbocycles. The molecule has 0 saturated carbocycles. The first kappa shape index (κ1) is 7.52. The summed E-state index contributed by atoms with van der Waals surface area (Å²) in [6.07, 6.45) is 0. The average Bonchev–Trinajstić information content (AvgIpc) is 1.61. The molecule has 0 aliphatic heterocycles. The van der Waals surface area contributed by atoms with Gasteiger partial charge < -0.3 is 0 Å². The van der Waals surface area contributed by atoms with Crippen LogP contribution in [-0.4, -0.2) is 27.5 Å². The first-order chi connectivity index (χ1) is 3.27. The first-order valence-electron chi connectivity index (χ1n) is 2.61. The normalized spacial score (nSPS) is 12.0. The van der Waals surface area contributed by atoms with E-state index >= 15 is 0 Å². The zero-order valence-corrected chi connectivity index (χ0v) is 7.04. The van der Waals surface area contributed by atoms with E-state index < -0.39 is 0 Å². The van der Waals surface area contributed by atoms with Crippen molar-refractivity contribution in [1.29, 1.82) is 0 Å². The van der Waals surface area contributed by atoms with Crippen molar-refractivity contribution >= 4 is 15.8 Å². The van der Waals surface area contributed by atoms with Gasteiger partial charge in [-0.15, -0.1) is 0 Å². The molecule has 0 aromatic carbocycles. The van der Waals surface area contributed by atoms with Crippen LogP contribution in [-0.2, 0) is 0 Å². The molecule has 1 nitrogen and oxygen atoms in total. The predicted molar refractivity (Wildman–Crippen MR) is 34.1 cm³/mol. The molecule has 7 heavy (non-hydrogen) atoms. The van der Waals surface area contributed by atoms with Crippen LogP contribution in [0, 0.1) is 0 Å². The monoisotopic (exact) mass is 164 g/mol. The van der Waals surface area contributed by atoms with Gasteiger partial charge in [0.25, 0.3) is 0 Å². The molecule has 0 aromatic rings. The molecule has 0 aromatic heterocycles. The second-order valence-electron chi connectivity index (χ2n) is 1.83. The van der Waals surface area contributed by atoms with Crippen LogP contribution in [0.25, 0.3) is 0 Å². The van der Waals surface area contributed by atoms with Gasteiger partial charge in [-0.1, -0.05) is 0 Å². The molecule has 0 radical (unpaired) electrons. The van der Waals surface area contributed by atoms with Crippen LogP contribution < -0.4 is 0 Å². The summed E-state index contributed by atoms with van der Waals surface area (Å²) in [5, 5.41) is 9.43. The third-order valence-electron chi connectivity index (χ3n) is 0.664. The molecule has 1 unspecified atom stereocenters. The fraction of sp³-hybridized carbons (Fsp3) is 1.00. The summed E-state index contributed by atoms with van der Waals surface area (Å²) in [5.74, 6) is 0. The van der Waals surface area contributed by atoms with Crippen LogP contribution in [0.15, 0.2) is 0 Å². The van der Waals surface area contributed by atoms with Crippen LogP contribution in [0.3, 0.4) is 0 Å². The summed E-state index contributed by atoms with van der Waals surface area (Å²) in [6, 6.07) is 0. The molecule has 0 aliphatic rings. The predicted octanol–water partition coefficient (Wildman–Crippen LogP) is 0.662. The van der Waals surface area contributed by atoms with Crippen molar-refractivity contribution < 1.29 is 5.11 Å². The fourth-order valence-corrected chi connectivity index (χ4v) is 1.84. The summed E-state index contributed by atoms with van der Waals surface area (Å²) in [4.78, 5) is 0. The molecule has 1 N–H and O–H groups in total. The molecule has 0 bridgehead atoms. The Morgan fingerprint density at radius 1 is 1.57 bits per heavy atom. The summed E-state index contributed by atoms with van der Waals surface area (Å²) in [7, 11) is 0. The number of hydrogen-bond donors (Lipinski definition) is 1. The Kier molecular flexibility index (Phi) is 5.02. The third kappa shape index (κ3) is 6.52. The van der Waals surface area contributed by atoms with Crippen molar-refractivity contribution in [2.24, 2.45) is 0 Å². The van der Waals surface area contributed by atoms with Crippen molar-refractivity contribution in [3.8, 4) is 0 Å². The molecule has 1 atom stereocenters. The molecule has 0 saturated heterocycles. The van der Waals surface area contributed by atoms with Crippen LogP contribution in [0.2, 0.25) is 9.91 Å². The number of aliphatic hydroxyl groups excluding tert-OH is 1. The molecule has 0 spiro atoms. The fourth-order valence-electron chi connectivity index (χ4n) is 0.353. The van der Waals surface area contributed by atoms with Gasteiger partial charge in [0.15, 0.2) is 0 Å². The average molecular weight is 164 g/mol. The van der Waals surface area contributed by atoms with E-state index in [0.717, 1.165) is 9.91 Å². The van der Waals surface area contributed by atoms with Crippen LogP contribution in [0.5, 0.6) is 0 Å². The van der Waals surface area contributed by atoms with Gasteiger partial charge in [-0.05, 0) is 0 Å². The molecule has 44 valence electrons. The van der Waals surface area contributed by atoms with E-state index in [-0.39, 0.29) is 15.8 Å². The van der Waals surface area contributed by atoms with Crippen molar-refractivity contribution in [2.75, 3.05) is 6.61 Å². The summed E-state index contributed by atoms with van der Waals surface area (Å²) >= 11 is 0.201. The zero-order chi connectivity index (χ0) is 5.70. The maximum absolute atomic E-state index is 8.35. The number of aliphatic hydroxyl groups is 1. The molecule has 0 rings (SSSR count).